The second-order valence-electron chi connectivity index (χ2n) is 4.32. The number of halogens is 2. The van der Waals surface area contributed by atoms with Gasteiger partial charge in [0, 0.05) is 5.54 Å². The quantitative estimate of drug-likeness (QED) is 0.926. The molecule has 1 rings (SSSR count). The molecule has 0 aliphatic rings. The molecule has 2 N–H and O–H groups in total. The van der Waals surface area contributed by atoms with E-state index in [1.54, 1.807) is 13.8 Å². The third-order valence-corrected chi connectivity index (χ3v) is 4.65. The van der Waals surface area contributed by atoms with Crippen LogP contribution in [0.5, 0.6) is 0 Å². The summed E-state index contributed by atoms with van der Waals surface area (Å²) in [5, 5.41) is 0.546. The summed E-state index contributed by atoms with van der Waals surface area (Å²) in [6, 6.07) is 4.22. The Kier molecular flexibility index (Phi) is 3.90. The molecule has 0 aliphatic heterocycles. The summed E-state index contributed by atoms with van der Waals surface area (Å²) in [6.45, 7) is 3.31. The Balaban J connectivity index is 3.13. The van der Waals surface area contributed by atoms with E-state index < -0.39 is 15.4 Å². The van der Waals surface area contributed by atoms with Crippen LogP contribution < -0.4 is 5.73 Å². The molecular formula is C10H13Cl2NO2S. The monoisotopic (exact) mass is 281 g/mol. The highest BCUT2D eigenvalue weighted by molar-refractivity contribution is 7.91. The van der Waals surface area contributed by atoms with Crippen LogP contribution in [0.3, 0.4) is 0 Å². The van der Waals surface area contributed by atoms with Gasteiger partial charge >= 0.3 is 0 Å². The fourth-order valence-electron chi connectivity index (χ4n) is 1.24. The number of nitrogens with two attached hydrogens (primary N) is 1. The van der Waals surface area contributed by atoms with E-state index in [1.165, 1.54) is 18.2 Å². The number of hydrogen-bond donors (Lipinski definition) is 1. The number of rotatable bonds is 3. The van der Waals surface area contributed by atoms with Gasteiger partial charge in [-0.2, -0.15) is 0 Å². The highest BCUT2D eigenvalue weighted by Crippen LogP contribution is 2.26. The Bertz CT molecular complexity index is 492. The van der Waals surface area contributed by atoms with Gasteiger partial charge in [0.15, 0.2) is 9.84 Å². The van der Waals surface area contributed by atoms with Crippen molar-refractivity contribution in [3.05, 3.63) is 28.2 Å². The van der Waals surface area contributed by atoms with Crippen molar-refractivity contribution in [2.75, 3.05) is 5.75 Å². The molecule has 0 saturated carbocycles. The van der Waals surface area contributed by atoms with Crippen LogP contribution in [0.2, 0.25) is 10.0 Å². The molecule has 16 heavy (non-hydrogen) atoms. The number of benzene rings is 1. The summed E-state index contributed by atoms with van der Waals surface area (Å²) in [7, 11) is -3.43. The van der Waals surface area contributed by atoms with Crippen LogP contribution in [0.25, 0.3) is 0 Å². The summed E-state index contributed by atoms with van der Waals surface area (Å²) in [4.78, 5) is 0.139. The van der Waals surface area contributed by atoms with Gasteiger partial charge in [-0.1, -0.05) is 23.2 Å². The highest BCUT2D eigenvalue weighted by atomic mass is 35.5. The van der Waals surface area contributed by atoms with Gasteiger partial charge in [-0.05, 0) is 32.0 Å². The summed E-state index contributed by atoms with van der Waals surface area (Å²) >= 11 is 11.5. The maximum Gasteiger partial charge on any atom is 0.180 e. The van der Waals surface area contributed by atoms with E-state index in [2.05, 4.69) is 0 Å². The maximum atomic E-state index is 11.9. The zero-order chi connectivity index (χ0) is 12.6. The molecule has 0 spiro atoms. The predicted octanol–water partition coefficient (Wildman–Crippen LogP) is 2.50. The van der Waals surface area contributed by atoms with Crippen LogP contribution in [-0.2, 0) is 9.84 Å². The molecule has 0 aromatic heterocycles. The van der Waals surface area contributed by atoms with Crippen molar-refractivity contribution >= 4 is 33.0 Å². The molecule has 1 aromatic carbocycles. The Morgan fingerprint density at radius 1 is 1.25 bits per heavy atom. The average molecular weight is 282 g/mol. The molecule has 0 saturated heterocycles. The molecule has 0 heterocycles. The lowest BCUT2D eigenvalue weighted by molar-refractivity contribution is 0.544. The van der Waals surface area contributed by atoms with Gasteiger partial charge in [0.25, 0.3) is 0 Å². The first kappa shape index (κ1) is 13.8. The van der Waals surface area contributed by atoms with Crippen LogP contribution >= 0.6 is 23.2 Å². The standard InChI is InChI=1S/C10H13Cl2NO2S/c1-10(2,13)6-16(14,15)7-3-4-8(11)9(12)5-7/h3-5H,6,13H2,1-2H3. The van der Waals surface area contributed by atoms with Crippen molar-refractivity contribution in [3.63, 3.8) is 0 Å². The fourth-order valence-corrected chi connectivity index (χ4v) is 3.33. The zero-order valence-corrected chi connectivity index (χ0v) is 11.3. The van der Waals surface area contributed by atoms with Crippen molar-refractivity contribution in [2.45, 2.75) is 24.3 Å². The fraction of sp³-hybridized carbons (Fsp3) is 0.400. The van der Waals surface area contributed by atoms with E-state index in [4.69, 9.17) is 28.9 Å². The first-order valence-electron chi connectivity index (χ1n) is 4.58. The minimum Gasteiger partial charge on any atom is -0.325 e. The lowest BCUT2D eigenvalue weighted by atomic mass is 10.1. The summed E-state index contributed by atoms with van der Waals surface area (Å²) in [6.07, 6.45) is 0. The molecule has 90 valence electrons. The largest absolute Gasteiger partial charge is 0.325 e. The Morgan fingerprint density at radius 2 is 1.81 bits per heavy atom. The van der Waals surface area contributed by atoms with Gasteiger partial charge in [0.2, 0.25) is 0 Å². The van der Waals surface area contributed by atoms with Crippen molar-refractivity contribution in [2.24, 2.45) is 5.73 Å². The van der Waals surface area contributed by atoms with Gasteiger partial charge in [0.1, 0.15) is 0 Å². The van der Waals surface area contributed by atoms with Crippen molar-refractivity contribution < 1.29 is 8.42 Å². The average Bonchev–Trinajstić information content (AvgIpc) is 2.05. The minimum atomic E-state index is -3.43. The molecule has 0 atom stereocenters. The lowest BCUT2D eigenvalue weighted by Crippen LogP contribution is -2.39. The normalized spacial score (nSPS) is 12.8. The molecule has 0 aliphatic carbocycles. The topological polar surface area (TPSA) is 60.2 Å². The van der Waals surface area contributed by atoms with E-state index in [-0.39, 0.29) is 15.7 Å². The van der Waals surface area contributed by atoms with Crippen LogP contribution in [0.1, 0.15) is 13.8 Å². The summed E-state index contributed by atoms with van der Waals surface area (Å²) < 4.78 is 23.9. The molecular weight excluding hydrogens is 269 g/mol. The van der Waals surface area contributed by atoms with Crippen molar-refractivity contribution in [3.8, 4) is 0 Å². The van der Waals surface area contributed by atoms with Crippen molar-refractivity contribution in [1.29, 1.82) is 0 Å². The Hall–Kier alpha value is -0.290. The zero-order valence-electron chi connectivity index (χ0n) is 9.00. The second-order valence-corrected chi connectivity index (χ2v) is 7.13. The Morgan fingerprint density at radius 3 is 2.25 bits per heavy atom. The van der Waals surface area contributed by atoms with E-state index in [9.17, 15) is 8.42 Å². The third kappa shape index (κ3) is 3.63. The van der Waals surface area contributed by atoms with Gasteiger partial charge in [-0.15, -0.1) is 0 Å². The van der Waals surface area contributed by atoms with Crippen LogP contribution in [0.15, 0.2) is 23.1 Å². The minimum absolute atomic E-state index is 0.139. The second kappa shape index (κ2) is 4.53. The molecule has 0 radical (unpaired) electrons. The highest BCUT2D eigenvalue weighted by Gasteiger charge is 2.24. The SMILES string of the molecule is CC(C)(N)CS(=O)(=O)c1ccc(Cl)c(Cl)c1. The summed E-state index contributed by atoms with van der Waals surface area (Å²) in [5.74, 6) is -0.141. The molecule has 1 aromatic rings. The van der Waals surface area contributed by atoms with E-state index in [0.29, 0.717) is 5.02 Å². The molecule has 0 unspecified atom stereocenters. The molecule has 6 heteroatoms. The van der Waals surface area contributed by atoms with Gasteiger partial charge in [-0.3, -0.25) is 0 Å². The number of sulfone groups is 1. The first-order chi connectivity index (χ1) is 7.12. The maximum absolute atomic E-state index is 11.9. The first-order valence-corrected chi connectivity index (χ1v) is 6.99. The molecule has 0 fully saturated rings. The van der Waals surface area contributed by atoms with Gasteiger partial charge in [-0.25, -0.2) is 8.42 Å². The van der Waals surface area contributed by atoms with E-state index in [1.807, 2.05) is 0 Å². The van der Waals surface area contributed by atoms with Crippen LogP contribution in [-0.4, -0.2) is 19.7 Å². The third-order valence-electron chi connectivity index (χ3n) is 1.81. The van der Waals surface area contributed by atoms with Crippen LogP contribution in [0.4, 0.5) is 0 Å². The number of hydrogen-bond acceptors (Lipinski definition) is 3. The van der Waals surface area contributed by atoms with Gasteiger partial charge in [0.05, 0.1) is 20.7 Å². The molecule has 3 nitrogen and oxygen atoms in total. The van der Waals surface area contributed by atoms with Gasteiger partial charge < -0.3 is 5.73 Å². The van der Waals surface area contributed by atoms with E-state index in [0.717, 1.165) is 0 Å². The molecule has 0 amide bonds. The smallest absolute Gasteiger partial charge is 0.180 e. The lowest BCUT2D eigenvalue weighted by Gasteiger charge is -2.18. The Labute approximate surface area is 105 Å². The predicted molar refractivity (Wildman–Crippen MR) is 66.8 cm³/mol. The van der Waals surface area contributed by atoms with E-state index >= 15 is 0 Å². The van der Waals surface area contributed by atoms with Crippen molar-refractivity contribution in [1.82, 2.24) is 0 Å². The molecule has 0 bridgehead atoms. The van der Waals surface area contributed by atoms with Crippen LogP contribution in [0, 0.1) is 0 Å². The summed E-state index contributed by atoms with van der Waals surface area (Å²) in [5.41, 5.74) is 4.90.